The quantitative estimate of drug-likeness (QED) is 0.828. The normalized spacial score (nSPS) is 25.7. The lowest BCUT2D eigenvalue weighted by atomic mass is 9.81. The first-order valence-electron chi connectivity index (χ1n) is 11.2. The zero-order chi connectivity index (χ0) is 20.6. The molecule has 3 aliphatic rings. The van der Waals surface area contributed by atoms with Crippen LogP contribution < -0.4 is 0 Å². The number of aromatic nitrogens is 2. The van der Waals surface area contributed by atoms with E-state index in [2.05, 4.69) is 4.98 Å². The molecule has 1 saturated heterocycles. The van der Waals surface area contributed by atoms with Gasteiger partial charge in [0.2, 0.25) is 5.91 Å². The first-order valence-corrected chi connectivity index (χ1v) is 11.2. The minimum absolute atomic E-state index is 0.0330. The van der Waals surface area contributed by atoms with Gasteiger partial charge in [-0.2, -0.15) is 0 Å². The highest BCUT2D eigenvalue weighted by molar-refractivity contribution is 5.79. The van der Waals surface area contributed by atoms with Crippen LogP contribution in [0, 0.1) is 5.92 Å². The lowest BCUT2D eigenvalue weighted by Crippen LogP contribution is -2.50. The Kier molecular flexibility index (Phi) is 5.29. The fraction of sp³-hybridized carbons (Fsp3) is 0.542. The van der Waals surface area contributed by atoms with Gasteiger partial charge in [0.25, 0.3) is 0 Å². The van der Waals surface area contributed by atoms with E-state index in [4.69, 9.17) is 9.72 Å². The van der Waals surface area contributed by atoms with E-state index >= 15 is 0 Å². The Labute approximate surface area is 177 Å². The van der Waals surface area contributed by atoms with Crippen molar-refractivity contribution in [3.63, 3.8) is 0 Å². The lowest BCUT2D eigenvalue weighted by molar-refractivity contribution is -0.147. The molecule has 2 atom stereocenters. The molecule has 1 aromatic heterocycles. The standard InChI is InChI=1S/C24H29N3O3/c28-20-8-4-7-18(15-20)23(29)27-12-10-24(11-13-27)21-19(9-14-30-24)16-25-22(26-21)17-5-2-1-3-6-17/h1-3,5-6,16,18,20,28H,4,7-15H2/t18-,20+/m0/s1. The van der Waals surface area contributed by atoms with Gasteiger partial charge in [0.1, 0.15) is 5.60 Å². The average molecular weight is 408 g/mol. The van der Waals surface area contributed by atoms with Gasteiger partial charge in [-0.15, -0.1) is 0 Å². The number of benzene rings is 1. The van der Waals surface area contributed by atoms with E-state index in [9.17, 15) is 9.90 Å². The molecule has 6 heteroatoms. The van der Waals surface area contributed by atoms with E-state index in [1.54, 1.807) is 0 Å². The second-order valence-electron chi connectivity index (χ2n) is 8.87. The number of ether oxygens (including phenoxy) is 1. The summed E-state index contributed by atoms with van der Waals surface area (Å²) in [6, 6.07) is 10.0. The fourth-order valence-electron chi connectivity index (χ4n) is 5.25. The number of nitrogens with zero attached hydrogens (tertiary/aromatic N) is 3. The van der Waals surface area contributed by atoms with Crippen molar-refractivity contribution < 1.29 is 14.6 Å². The molecule has 2 fully saturated rings. The van der Waals surface area contributed by atoms with E-state index < -0.39 is 5.60 Å². The van der Waals surface area contributed by atoms with Crippen LogP contribution in [0.4, 0.5) is 0 Å². The van der Waals surface area contributed by atoms with Crippen LogP contribution in [0.2, 0.25) is 0 Å². The second kappa shape index (κ2) is 8.08. The number of aliphatic hydroxyl groups excluding tert-OH is 1. The SMILES string of the molecule is O=C([C@H]1CCC[C@@H](O)C1)N1CCC2(CC1)OCCc1cnc(-c3ccccc3)nc12. The largest absolute Gasteiger partial charge is 0.393 e. The van der Waals surface area contributed by atoms with Crippen molar-refractivity contribution in [3.8, 4) is 11.4 Å². The molecule has 6 nitrogen and oxygen atoms in total. The number of aliphatic hydroxyl groups is 1. The van der Waals surface area contributed by atoms with Crippen molar-refractivity contribution in [3.05, 3.63) is 47.8 Å². The van der Waals surface area contributed by atoms with Crippen molar-refractivity contribution in [2.45, 2.75) is 56.7 Å². The third-order valence-electron chi connectivity index (χ3n) is 6.96. The molecule has 30 heavy (non-hydrogen) atoms. The third-order valence-corrected chi connectivity index (χ3v) is 6.96. The molecule has 1 spiro atoms. The predicted molar refractivity (Wildman–Crippen MR) is 113 cm³/mol. The number of piperidine rings is 1. The van der Waals surface area contributed by atoms with Crippen molar-refractivity contribution in [2.24, 2.45) is 5.92 Å². The lowest BCUT2D eigenvalue weighted by Gasteiger charge is -2.45. The summed E-state index contributed by atoms with van der Waals surface area (Å²) >= 11 is 0. The van der Waals surface area contributed by atoms with Crippen molar-refractivity contribution in [1.29, 1.82) is 0 Å². The average Bonchev–Trinajstić information content (AvgIpc) is 2.80. The molecule has 158 valence electrons. The van der Waals surface area contributed by atoms with Gasteiger partial charge in [0.05, 0.1) is 18.4 Å². The molecule has 1 N–H and O–H groups in total. The molecular formula is C24H29N3O3. The van der Waals surface area contributed by atoms with Gasteiger partial charge >= 0.3 is 0 Å². The van der Waals surface area contributed by atoms with Gasteiger partial charge < -0.3 is 14.7 Å². The summed E-state index contributed by atoms with van der Waals surface area (Å²) in [7, 11) is 0. The Balaban J connectivity index is 1.35. The van der Waals surface area contributed by atoms with Crippen molar-refractivity contribution in [2.75, 3.05) is 19.7 Å². The highest BCUT2D eigenvalue weighted by atomic mass is 16.5. The highest BCUT2D eigenvalue weighted by Crippen LogP contribution is 2.41. The van der Waals surface area contributed by atoms with E-state index in [1.165, 1.54) is 0 Å². The maximum absolute atomic E-state index is 13.0. The molecular weight excluding hydrogens is 378 g/mol. The molecule has 1 amide bonds. The molecule has 0 radical (unpaired) electrons. The zero-order valence-electron chi connectivity index (χ0n) is 17.3. The van der Waals surface area contributed by atoms with Crippen LogP contribution in [-0.4, -0.2) is 51.7 Å². The van der Waals surface area contributed by atoms with Crippen LogP contribution in [-0.2, 0) is 21.6 Å². The Bertz CT molecular complexity index is 909. The zero-order valence-corrected chi connectivity index (χ0v) is 17.3. The molecule has 1 saturated carbocycles. The number of amides is 1. The minimum atomic E-state index is -0.428. The van der Waals surface area contributed by atoms with Crippen molar-refractivity contribution >= 4 is 5.91 Å². The summed E-state index contributed by atoms with van der Waals surface area (Å²) in [4.78, 5) is 24.5. The Morgan fingerprint density at radius 1 is 1.17 bits per heavy atom. The molecule has 1 aliphatic carbocycles. The Morgan fingerprint density at radius 3 is 2.73 bits per heavy atom. The van der Waals surface area contributed by atoms with Gasteiger partial charge in [-0.1, -0.05) is 36.8 Å². The molecule has 5 rings (SSSR count). The number of hydrogen-bond acceptors (Lipinski definition) is 5. The van der Waals surface area contributed by atoms with E-state index in [-0.39, 0.29) is 17.9 Å². The minimum Gasteiger partial charge on any atom is -0.393 e. The van der Waals surface area contributed by atoms with Crippen LogP contribution in [0.25, 0.3) is 11.4 Å². The number of likely N-dealkylation sites (tertiary alicyclic amines) is 1. The second-order valence-corrected chi connectivity index (χ2v) is 8.87. The van der Waals surface area contributed by atoms with Gasteiger partial charge in [-0.25, -0.2) is 9.97 Å². The topological polar surface area (TPSA) is 75.5 Å². The van der Waals surface area contributed by atoms with Crippen LogP contribution >= 0.6 is 0 Å². The summed E-state index contributed by atoms with van der Waals surface area (Å²) in [6.45, 7) is 2.02. The molecule has 0 unspecified atom stereocenters. The maximum atomic E-state index is 13.0. The highest BCUT2D eigenvalue weighted by Gasteiger charge is 2.44. The van der Waals surface area contributed by atoms with Crippen LogP contribution in [0.15, 0.2) is 36.5 Å². The van der Waals surface area contributed by atoms with Gasteiger partial charge in [0, 0.05) is 30.8 Å². The number of hydrogen-bond donors (Lipinski definition) is 1. The summed E-state index contributed by atoms with van der Waals surface area (Å²) in [5.74, 6) is 0.899. The molecule has 1 aromatic carbocycles. The van der Waals surface area contributed by atoms with E-state index in [1.807, 2.05) is 41.4 Å². The van der Waals surface area contributed by atoms with Crippen LogP contribution in [0.3, 0.4) is 0 Å². The van der Waals surface area contributed by atoms with Gasteiger partial charge in [0.15, 0.2) is 5.82 Å². The monoisotopic (exact) mass is 407 g/mol. The van der Waals surface area contributed by atoms with E-state index in [0.29, 0.717) is 26.1 Å². The smallest absolute Gasteiger partial charge is 0.225 e. The van der Waals surface area contributed by atoms with Crippen LogP contribution in [0.5, 0.6) is 0 Å². The molecule has 0 bridgehead atoms. The summed E-state index contributed by atoms with van der Waals surface area (Å²) in [5, 5.41) is 9.95. The summed E-state index contributed by atoms with van der Waals surface area (Å²) in [5.41, 5.74) is 2.74. The van der Waals surface area contributed by atoms with Crippen LogP contribution in [0.1, 0.15) is 49.8 Å². The Morgan fingerprint density at radius 2 is 1.97 bits per heavy atom. The third kappa shape index (κ3) is 3.63. The summed E-state index contributed by atoms with van der Waals surface area (Å²) in [6.07, 6.45) is 7.22. The summed E-state index contributed by atoms with van der Waals surface area (Å²) < 4.78 is 6.35. The predicted octanol–water partition coefficient (Wildman–Crippen LogP) is 3.09. The first kappa shape index (κ1) is 19.6. The van der Waals surface area contributed by atoms with Gasteiger partial charge in [-0.05, 0) is 44.1 Å². The number of rotatable bonds is 2. The number of carbonyl (C=O) groups is 1. The van der Waals surface area contributed by atoms with Crippen molar-refractivity contribution in [1.82, 2.24) is 14.9 Å². The molecule has 2 aromatic rings. The Hall–Kier alpha value is -2.31. The maximum Gasteiger partial charge on any atom is 0.225 e. The molecule has 3 heterocycles. The first-order chi connectivity index (χ1) is 14.6. The van der Waals surface area contributed by atoms with Gasteiger partial charge in [-0.3, -0.25) is 4.79 Å². The number of fused-ring (bicyclic) bond motifs is 2. The number of carbonyl (C=O) groups excluding carboxylic acids is 1. The fourth-order valence-corrected chi connectivity index (χ4v) is 5.25. The molecule has 2 aliphatic heterocycles. The van der Waals surface area contributed by atoms with E-state index in [0.717, 1.165) is 61.2 Å².